The summed E-state index contributed by atoms with van der Waals surface area (Å²) in [6.07, 6.45) is 6.06. The molecule has 146 valence electrons. The molecule has 1 saturated heterocycles. The highest BCUT2D eigenvalue weighted by molar-refractivity contribution is 9.10. The van der Waals surface area contributed by atoms with E-state index in [1.54, 1.807) is 0 Å². The third-order valence-electron chi connectivity index (χ3n) is 5.65. The average molecular weight is 450 g/mol. The Hall–Kier alpha value is -2.86. The van der Waals surface area contributed by atoms with Gasteiger partial charge in [-0.25, -0.2) is 0 Å². The fourth-order valence-corrected chi connectivity index (χ4v) is 4.55. The van der Waals surface area contributed by atoms with Gasteiger partial charge < -0.3 is 14.8 Å². The van der Waals surface area contributed by atoms with Crippen molar-refractivity contribution >= 4 is 56.0 Å². The monoisotopic (exact) mass is 449 g/mol. The predicted octanol–water partition coefficient (Wildman–Crippen LogP) is 4.52. The van der Waals surface area contributed by atoms with Crippen LogP contribution >= 0.6 is 15.9 Å². The molecule has 2 aromatic carbocycles. The normalized spacial score (nSPS) is 17.2. The number of amides is 2. The molecule has 0 saturated carbocycles. The molecule has 0 radical (unpaired) electrons. The lowest BCUT2D eigenvalue weighted by Crippen LogP contribution is -2.30. The first-order valence-corrected chi connectivity index (χ1v) is 10.6. The van der Waals surface area contributed by atoms with Gasteiger partial charge in [-0.05, 0) is 43.2 Å². The number of anilines is 1. The number of hydrogen-bond donors (Lipinski definition) is 1. The zero-order valence-corrected chi connectivity index (χ0v) is 17.4. The molecule has 1 N–H and O–H groups in total. The second-order valence-corrected chi connectivity index (χ2v) is 8.44. The first kappa shape index (κ1) is 18.2. The van der Waals surface area contributed by atoms with E-state index in [-0.39, 0.29) is 11.8 Å². The topological polar surface area (TPSA) is 54.3 Å². The first-order valence-electron chi connectivity index (χ1n) is 9.79. The highest BCUT2D eigenvalue weighted by atomic mass is 79.9. The molecular formula is C23H20BrN3O2. The number of halogens is 1. The van der Waals surface area contributed by atoms with Gasteiger partial charge in [0.15, 0.2) is 0 Å². The number of nitrogens with zero attached hydrogens (tertiary/aromatic N) is 2. The van der Waals surface area contributed by atoms with E-state index in [9.17, 15) is 9.59 Å². The third kappa shape index (κ3) is 3.27. The molecule has 1 fully saturated rings. The molecule has 5 rings (SSSR count). The second-order valence-electron chi connectivity index (χ2n) is 7.52. The summed E-state index contributed by atoms with van der Waals surface area (Å²) in [6, 6.07) is 13.7. The Labute approximate surface area is 177 Å². The zero-order valence-electron chi connectivity index (χ0n) is 15.8. The van der Waals surface area contributed by atoms with Crippen LogP contribution in [0.25, 0.3) is 22.6 Å². The van der Waals surface area contributed by atoms with Gasteiger partial charge in [-0.1, -0.05) is 34.1 Å². The molecule has 6 heteroatoms. The first-order chi connectivity index (χ1) is 14.1. The number of para-hydroxylation sites is 1. The molecule has 0 spiro atoms. The second kappa shape index (κ2) is 7.19. The van der Waals surface area contributed by atoms with Crippen molar-refractivity contribution in [3.8, 4) is 0 Å². The van der Waals surface area contributed by atoms with Crippen LogP contribution < -0.4 is 5.32 Å². The Morgan fingerprint density at radius 3 is 2.76 bits per heavy atom. The predicted molar refractivity (Wildman–Crippen MR) is 118 cm³/mol. The molecule has 0 bridgehead atoms. The molecule has 0 atom stereocenters. The molecule has 0 aliphatic carbocycles. The van der Waals surface area contributed by atoms with Gasteiger partial charge in [-0.15, -0.1) is 0 Å². The summed E-state index contributed by atoms with van der Waals surface area (Å²) < 4.78 is 2.96. The SMILES string of the molecule is O=C1Nc2ccccc2/C1=C\c1cn(CC(=O)N2CCCC2)c2ccc(Br)cc12. The van der Waals surface area contributed by atoms with Gasteiger partial charge in [0.1, 0.15) is 6.54 Å². The largest absolute Gasteiger partial charge is 0.341 e. The number of hydrogen-bond acceptors (Lipinski definition) is 2. The standard InChI is InChI=1S/C23H20BrN3O2/c24-16-7-8-21-18(12-16)15(13-27(21)14-22(28)26-9-3-4-10-26)11-19-17-5-1-2-6-20(17)25-23(19)29/h1-2,5-8,11-13H,3-4,9-10,14H2,(H,25,29)/b19-11+. The van der Waals surface area contributed by atoms with E-state index in [4.69, 9.17) is 0 Å². The quantitative estimate of drug-likeness (QED) is 0.597. The van der Waals surface area contributed by atoms with Crippen LogP contribution in [0.1, 0.15) is 24.0 Å². The Kier molecular flexibility index (Phi) is 4.51. The summed E-state index contributed by atoms with van der Waals surface area (Å²) in [5.41, 5.74) is 4.29. The van der Waals surface area contributed by atoms with Crippen LogP contribution in [0.5, 0.6) is 0 Å². The van der Waals surface area contributed by atoms with E-state index in [1.807, 2.05) is 64.2 Å². The molecule has 29 heavy (non-hydrogen) atoms. The van der Waals surface area contributed by atoms with Crippen molar-refractivity contribution in [3.05, 3.63) is 64.3 Å². The van der Waals surface area contributed by atoms with Gasteiger partial charge in [0, 0.05) is 57.0 Å². The maximum atomic E-state index is 12.7. The molecule has 3 aromatic rings. The molecule has 1 aromatic heterocycles. The summed E-state index contributed by atoms with van der Waals surface area (Å²) in [5, 5.41) is 3.93. The number of aromatic nitrogens is 1. The highest BCUT2D eigenvalue weighted by Crippen LogP contribution is 2.35. The van der Waals surface area contributed by atoms with Crippen LogP contribution in [0.15, 0.2) is 53.1 Å². The van der Waals surface area contributed by atoms with Crippen LogP contribution in [-0.2, 0) is 16.1 Å². The number of nitrogens with one attached hydrogen (secondary N) is 1. The minimum Gasteiger partial charge on any atom is -0.341 e. The minimum absolute atomic E-state index is 0.102. The number of likely N-dealkylation sites (tertiary alicyclic amines) is 1. The van der Waals surface area contributed by atoms with Crippen molar-refractivity contribution in [2.45, 2.75) is 19.4 Å². The summed E-state index contributed by atoms with van der Waals surface area (Å²) in [6.45, 7) is 2.00. The Morgan fingerprint density at radius 1 is 1.14 bits per heavy atom. The van der Waals surface area contributed by atoms with Crippen molar-refractivity contribution in [3.63, 3.8) is 0 Å². The van der Waals surface area contributed by atoms with E-state index in [1.165, 1.54) is 0 Å². The van der Waals surface area contributed by atoms with Crippen molar-refractivity contribution in [1.82, 2.24) is 9.47 Å². The van der Waals surface area contributed by atoms with E-state index >= 15 is 0 Å². The third-order valence-corrected chi connectivity index (χ3v) is 6.14. The van der Waals surface area contributed by atoms with Gasteiger partial charge in [-0.3, -0.25) is 9.59 Å². The van der Waals surface area contributed by atoms with Gasteiger partial charge in [-0.2, -0.15) is 0 Å². The lowest BCUT2D eigenvalue weighted by molar-refractivity contribution is -0.130. The summed E-state index contributed by atoms with van der Waals surface area (Å²) in [5.74, 6) is 0.0423. The van der Waals surface area contributed by atoms with Crippen molar-refractivity contribution in [2.75, 3.05) is 18.4 Å². The molecule has 0 unspecified atom stereocenters. The summed E-state index contributed by atoms with van der Waals surface area (Å²) in [4.78, 5) is 27.2. The number of fused-ring (bicyclic) bond motifs is 2. The van der Waals surface area contributed by atoms with Crippen molar-refractivity contribution in [1.29, 1.82) is 0 Å². The lowest BCUT2D eigenvalue weighted by atomic mass is 10.0. The molecule has 2 aliphatic heterocycles. The Bertz CT molecular complexity index is 1170. The van der Waals surface area contributed by atoms with Crippen LogP contribution in [0.2, 0.25) is 0 Å². The smallest absolute Gasteiger partial charge is 0.256 e. The average Bonchev–Trinajstić information content (AvgIpc) is 3.42. The summed E-state index contributed by atoms with van der Waals surface area (Å²) in [7, 11) is 0. The van der Waals surface area contributed by atoms with E-state index in [0.717, 1.165) is 58.1 Å². The number of carbonyl (C=O) groups is 2. The Morgan fingerprint density at radius 2 is 1.93 bits per heavy atom. The van der Waals surface area contributed by atoms with Gasteiger partial charge in [0.05, 0.1) is 0 Å². The number of carbonyl (C=O) groups excluding carboxylic acids is 2. The van der Waals surface area contributed by atoms with Gasteiger partial charge in [0.25, 0.3) is 5.91 Å². The molecule has 3 heterocycles. The number of rotatable bonds is 3. The van der Waals surface area contributed by atoms with Crippen LogP contribution in [0.4, 0.5) is 5.69 Å². The van der Waals surface area contributed by atoms with Crippen LogP contribution in [-0.4, -0.2) is 34.4 Å². The fraction of sp³-hybridized carbons (Fsp3) is 0.217. The van der Waals surface area contributed by atoms with Crippen molar-refractivity contribution < 1.29 is 9.59 Å². The van der Waals surface area contributed by atoms with Gasteiger partial charge in [0.2, 0.25) is 5.91 Å². The van der Waals surface area contributed by atoms with E-state index in [0.29, 0.717) is 12.1 Å². The van der Waals surface area contributed by atoms with Crippen molar-refractivity contribution in [2.24, 2.45) is 0 Å². The summed E-state index contributed by atoms with van der Waals surface area (Å²) >= 11 is 3.55. The number of benzene rings is 2. The minimum atomic E-state index is -0.102. The molecule has 2 amide bonds. The maximum Gasteiger partial charge on any atom is 0.256 e. The fourth-order valence-electron chi connectivity index (χ4n) is 4.19. The van der Waals surface area contributed by atoms with Crippen LogP contribution in [0, 0.1) is 0 Å². The highest BCUT2D eigenvalue weighted by Gasteiger charge is 2.24. The van der Waals surface area contributed by atoms with E-state index < -0.39 is 0 Å². The molecular weight excluding hydrogens is 430 g/mol. The van der Waals surface area contributed by atoms with Gasteiger partial charge >= 0.3 is 0 Å². The molecule has 5 nitrogen and oxygen atoms in total. The maximum absolute atomic E-state index is 12.7. The Balaban J connectivity index is 1.58. The van der Waals surface area contributed by atoms with Crippen LogP contribution in [0.3, 0.4) is 0 Å². The molecule has 2 aliphatic rings. The van der Waals surface area contributed by atoms with E-state index in [2.05, 4.69) is 21.2 Å². The lowest BCUT2D eigenvalue weighted by Gasteiger charge is -2.16. The zero-order chi connectivity index (χ0) is 20.0.